The molecular formula is C28H29N3O3. The van der Waals surface area contributed by atoms with Gasteiger partial charge < -0.3 is 15.1 Å². The molecule has 5 rings (SSSR count). The third kappa shape index (κ3) is 4.29. The maximum Gasteiger partial charge on any atom is 0.261 e. The van der Waals surface area contributed by atoms with E-state index in [1.54, 1.807) is 28.8 Å². The average Bonchev–Trinajstić information content (AvgIpc) is 2.86. The molecule has 2 N–H and O–H groups in total. The van der Waals surface area contributed by atoms with Crippen LogP contribution in [-0.4, -0.2) is 44.3 Å². The molecule has 34 heavy (non-hydrogen) atoms. The van der Waals surface area contributed by atoms with Crippen LogP contribution in [0.4, 0.5) is 0 Å². The monoisotopic (exact) mass is 455 g/mol. The lowest BCUT2D eigenvalue weighted by Crippen LogP contribution is -2.38. The zero-order valence-electron chi connectivity index (χ0n) is 19.3. The fraction of sp³-hybridized carbons (Fsp3) is 0.286. The van der Waals surface area contributed by atoms with Crippen LogP contribution in [0.1, 0.15) is 19.8 Å². The molecule has 0 aliphatic carbocycles. The van der Waals surface area contributed by atoms with Crippen molar-refractivity contribution in [3.8, 4) is 34.0 Å². The molecule has 1 aliphatic rings. The van der Waals surface area contributed by atoms with Gasteiger partial charge in [0.15, 0.2) is 0 Å². The molecule has 1 atom stereocenters. The Bertz CT molecular complexity index is 1380. The summed E-state index contributed by atoms with van der Waals surface area (Å²) < 4.78 is 1.75. The number of piperidine rings is 1. The molecule has 1 aromatic heterocycles. The summed E-state index contributed by atoms with van der Waals surface area (Å²) in [6.07, 6.45) is 2.18. The van der Waals surface area contributed by atoms with Crippen LogP contribution in [0, 0.1) is 5.92 Å². The smallest absolute Gasteiger partial charge is 0.261 e. The lowest BCUT2D eigenvalue weighted by atomic mass is 9.97. The largest absolute Gasteiger partial charge is 0.508 e. The van der Waals surface area contributed by atoms with Gasteiger partial charge >= 0.3 is 0 Å². The van der Waals surface area contributed by atoms with Crippen molar-refractivity contribution >= 4 is 10.9 Å². The molecule has 0 amide bonds. The highest BCUT2D eigenvalue weighted by molar-refractivity contribution is 5.85. The first kappa shape index (κ1) is 22.2. The summed E-state index contributed by atoms with van der Waals surface area (Å²) in [6.45, 7) is 5.79. The quantitative estimate of drug-likeness (QED) is 0.449. The minimum absolute atomic E-state index is 0.0995. The normalized spacial score (nSPS) is 16.7. The molecule has 0 bridgehead atoms. The summed E-state index contributed by atoms with van der Waals surface area (Å²) in [6, 6.07) is 19.7. The zero-order chi connectivity index (χ0) is 23.7. The lowest BCUT2D eigenvalue weighted by Gasteiger charge is -2.32. The average molecular weight is 456 g/mol. The number of benzene rings is 3. The predicted molar refractivity (Wildman–Crippen MR) is 135 cm³/mol. The van der Waals surface area contributed by atoms with Gasteiger partial charge in [0.25, 0.3) is 5.56 Å². The Labute approximate surface area is 198 Å². The number of hydrogen-bond donors (Lipinski definition) is 2. The van der Waals surface area contributed by atoms with Crippen molar-refractivity contribution in [3.63, 3.8) is 0 Å². The van der Waals surface area contributed by atoms with Crippen molar-refractivity contribution in [2.45, 2.75) is 26.3 Å². The summed E-state index contributed by atoms with van der Waals surface area (Å²) in [7, 11) is 0. The van der Waals surface area contributed by atoms with E-state index in [4.69, 9.17) is 4.98 Å². The molecule has 1 saturated heterocycles. The standard InChI is InChI=1S/C28H29N3O3/c1-2-30-15-5-6-19(17-30)18-31-27(23-7-3-4-8-26(23)33)29-25-14-11-21(16-24(25)28(31)34)20-9-12-22(32)13-10-20/h3-4,7-14,16,19,32-33H,2,5-6,15,17-18H2,1H3. The molecule has 3 aromatic carbocycles. The van der Waals surface area contributed by atoms with E-state index in [2.05, 4.69) is 11.8 Å². The number of rotatable bonds is 5. The van der Waals surface area contributed by atoms with Crippen molar-refractivity contribution in [3.05, 3.63) is 77.1 Å². The highest BCUT2D eigenvalue weighted by Crippen LogP contribution is 2.30. The first-order valence-electron chi connectivity index (χ1n) is 11.9. The molecule has 0 saturated carbocycles. The molecule has 4 aromatic rings. The Hall–Kier alpha value is -3.64. The molecule has 174 valence electrons. The second-order valence-corrected chi connectivity index (χ2v) is 9.05. The molecule has 1 aliphatic heterocycles. The van der Waals surface area contributed by atoms with Gasteiger partial charge in [0, 0.05) is 13.1 Å². The highest BCUT2D eigenvalue weighted by atomic mass is 16.3. The van der Waals surface area contributed by atoms with Crippen LogP contribution in [-0.2, 0) is 6.54 Å². The minimum Gasteiger partial charge on any atom is -0.508 e. The van der Waals surface area contributed by atoms with E-state index >= 15 is 0 Å². The van der Waals surface area contributed by atoms with Gasteiger partial charge in [0.2, 0.25) is 0 Å². The Morgan fingerprint density at radius 1 is 1.00 bits per heavy atom. The third-order valence-electron chi connectivity index (χ3n) is 6.79. The number of nitrogens with zero attached hydrogens (tertiary/aromatic N) is 3. The summed E-state index contributed by atoms with van der Waals surface area (Å²) in [5, 5.41) is 20.7. The van der Waals surface area contributed by atoms with Gasteiger partial charge in [0.1, 0.15) is 17.3 Å². The summed E-state index contributed by atoms with van der Waals surface area (Å²) >= 11 is 0. The molecule has 6 heteroatoms. The number of aromatic nitrogens is 2. The second-order valence-electron chi connectivity index (χ2n) is 9.05. The number of hydrogen-bond acceptors (Lipinski definition) is 5. The molecule has 1 fully saturated rings. The molecule has 2 heterocycles. The van der Waals surface area contributed by atoms with Crippen LogP contribution in [0.2, 0.25) is 0 Å². The highest BCUT2D eigenvalue weighted by Gasteiger charge is 2.23. The van der Waals surface area contributed by atoms with E-state index in [1.165, 1.54) is 0 Å². The van der Waals surface area contributed by atoms with Crippen LogP contribution >= 0.6 is 0 Å². The van der Waals surface area contributed by atoms with Crippen LogP contribution in [0.5, 0.6) is 11.5 Å². The van der Waals surface area contributed by atoms with Gasteiger partial charge in [0.05, 0.1) is 16.5 Å². The van der Waals surface area contributed by atoms with E-state index in [9.17, 15) is 15.0 Å². The van der Waals surface area contributed by atoms with E-state index in [-0.39, 0.29) is 17.1 Å². The van der Waals surface area contributed by atoms with Crippen molar-refractivity contribution in [1.29, 1.82) is 0 Å². The Morgan fingerprint density at radius 3 is 2.53 bits per heavy atom. The number of likely N-dealkylation sites (tertiary alicyclic amines) is 1. The molecule has 0 radical (unpaired) electrons. The zero-order valence-corrected chi connectivity index (χ0v) is 19.3. The molecule has 1 unspecified atom stereocenters. The fourth-order valence-corrected chi connectivity index (χ4v) is 4.94. The van der Waals surface area contributed by atoms with Crippen LogP contribution in [0.3, 0.4) is 0 Å². The lowest BCUT2D eigenvalue weighted by molar-refractivity contribution is 0.169. The molecule has 0 spiro atoms. The van der Waals surface area contributed by atoms with E-state index in [1.807, 2.05) is 42.5 Å². The first-order chi connectivity index (χ1) is 16.5. The van der Waals surface area contributed by atoms with Crippen molar-refractivity contribution in [2.75, 3.05) is 19.6 Å². The maximum atomic E-state index is 13.9. The number of phenols is 2. The number of para-hydroxylation sites is 1. The Morgan fingerprint density at radius 2 is 1.76 bits per heavy atom. The van der Waals surface area contributed by atoms with Gasteiger partial charge in [-0.25, -0.2) is 4.98 Å². The van der Waals surface area contributed by atoms with Crippen molar-refractivity contribution in [1.82, 2.24) is 14.5 Å². The van der Waals surface area contributed by atoms with Gasteiger partial charge in [-0.3, -0.25) is 9.36 Å². The van der Waals surface area contributed by atoms with E-state index < -0.39 is 0 Å². The topological polar surface area (TPSA) is 78.6 Å². The fourth-order valence-electron chi connectivity index (χ4n) is 4.94. The summed E-state index contributed by atoms with van der Waals surface area (Å²) in [5.74, 6) is 1.16. The Balaban J connectivity index is 1.66. The SMILES string of the molecule is CCN1CCCC(Cn2c(-c3ccccc3O)nc3ccc(-c4ccc(O)cc4)cc3c2=O)C1. The number of phenolic OH excluding ortho intramolecular Hbond substituents is 2. The van der Waals surface area contributed by atoms with Gasteiger partial charge in [-0.1, -0.05) is 37.3 Å². The number of aromatic hydroxyl groups is 2. The Kier molecular flexibility index (Phi) is 6.07. The predicted octanol–water partition coefficient (Wildman–Crippen LogP) is 4.87. The van der Waals surface area contributed by atoms with Crippen molar-refractivity contribution < 1.29 is 10.2 Å². The first-order valence-corrected chi connectivity index (χ1v) is 11.9. The summed E-state index contributed by atoms with van der Waals surface area (Å²) in [5.41, 5.74) is 2.87. The van der Waals surface area contributed by atoms with Gasteiger partial charge in [-0.15, -0.1) is 0 Å². The molecular weight excluding hydrogens is 426 g/mol. The van der Waals surface area contributed by atoms with Crippen LogP contribution < -0.4 is 5.56 Å². The minimum atomic E-state index is -0.0995. The van der Waals surface area contributed by atoms with E-state index in [0.29, 0.717) is 34.8 Å². The van der Waals surface area contributed by atoms with Gasteiger partial charge in [-0.2, -0.15) is 0 Å². The van der Waals surface area contributed by atoms with Crippen LogP contribution in [0.15, 0.2) is 71.5 Å². The molecule has 6 nitrogen and oxygen atoms in total. The van der Waals surface area contributed by atoms with Crippen LogP contribution in [0.25, 0.3) is 33.4 Å². The summed E-state index contributed by atoms with van der Waals surface area (Å²) in [4.78, 5) is 21.2. The maximum absolute atomic E-state index is 13.9. The van der Waals surface area contributed by atoms with Gasteiger partial charge in [-0.05, 0) is 79.4 Å². The number of fused-ring (bicyclic) bond motifs is 1. The van der Waals surface area contributed by atoms with E-state index in [0.717, 1.165) is 43.6 Å². The third-order valence-corrected chi connectivity index (χ3v) is 6.79. The van der Waals surface area contributed by atoms with Crippen molar-refractivity contribution in [2.24, 2.45) is 5.92 Å². The second kappa shape index (κ2) is 9.31.